The Hall–Kier alpha value is -1.74. The molecule has 0 amide bonds. The van der Waals surface area contributed by atoms with E-state index in [1.54, 1.807) is 37.3 Å². The van der Waals surface area contributed by atoms with Crippen molar-refractivity contribution in [3.05, 3.63) is 52.4 Å². The molecule has 0 radical (unpaired) electrons. The normalized spacial score (nSPS) is 10.3. The van der Waals surface area contributed by atoms with Crippen molar-refractivity contribution in [2.45, 2.75) is 6.92 Å². The minimum atomic E-state index is -0.238. The van der Waals surface area contributed by atoms with Crippen LogP contribution in [0.4, 0.5) is 0 Å². The molecule has 17 heavy (non-hydrogen) atoms. The first-order chi connectivity index (χ1) is 8.11. The average Bonchev–Trinajstić information content (AvgIpc) is 2.75. The molecule has 0 saturated heterocycles. The Morgan fingerprint density at radius 3 is 2.65 bits per heavy atom. The van der Waals surface area contributed by atoms with E-state index in [0.717, 1.165) is 0 Å². The molecule has 0 atom stereocenters. The first kappa shape index (κ1) is 11.7. The monoisotopic (exact) mass is 250 g/mol. The second-order valence-electron chi connectivity index (χ2n) is 3.58. The van der Waals surface area contributed by atoms with Crippen LogP contribution in [0.15, 0.2) is 34.7 Å². The van der Waals surface area contributed by atoms with Gasteiger partial charge in [0.05, 0.1) is 12.7 Å². The topological polar surface area (TPSA) is 39.4 Å². The Labute approximate surface area is 104 Å². The van der Waals surface area contributed by atoms with E-state index in [2.05, 4.69) is 0 Å². The van der Waals surface area contributed by atoms with Crippen LogP contribution in [0.1, 0.15) is 21.9 Å². The lowest BCUT2D eigenvalue weighted by molar-refractivity contribution is 0.100. The summed E-state index contributed by atoms with van der Waals surface area (Å²) in [5.41, 5.74) is 0.398. The highest BCUT2D eigenvalue weighted by Crippen LogP contribution is 2.25. The quantitative estimate of drug-likeness (QED) is 0.783. The highest BCUT2D eigenvalue weighted by Gasteiger charge is 2.17. The molecule has 0 aliphatic carbocycles. The number of ether oxygens (including phenoxy) is 1. The molecule has 0 bridgehead atoms. The second-order valence-corrected chi connectivity index (χ2v) is 4.02. The SMILES string of the molecule is COc1ccc(Cl)cc1C(=O)c1ccc(C)o1. The molecule has 1 heterocycles. The van der Waals surface area contributed by atoms with Gasteiger partial charge in [-0.1, -0.05) is 11.6 Å². The molecule has 0 N–H and O–H groups in total. The van der Waals surface area contributed by atoms with Crippen molar-refractivity contribution in [2.75, 3.05) is 7.11 Å². The van der Waals surface area contributed by atoms with Crippen molar-refractivity contribution in [1.29, 1.82) is 0 Å². The van der Waals surface area contributed by atoms with Crippen LogP contribution in [-0.4, -0.2) is 12.9 Å². The lowest BCUT2D eigenvalue weighted by Crippen LogP contribution is -2.02. The van der Waals surface area contributed by atoms with Gasteiger partial charge in [-0.05, 0) is 37.3 Å². The van der Waals surface area contributed by atoms with Crippen LogP contribution in [0.25, 0.3) is 0 Å². The van der Waals surface area contributed by atoms with E-state index in [1.807, 2.05) is 0 Å². The summed E-state index contributed by atoms with van der Waals surface area (Å²) in [5, 5.41) is 0.484. The maximum absolute atomic E-state index is 12.2. The van der Waals surface area contributed by atoms with Gasteiger partial charge in [-0.3, -0.25) is 4.79 Å². The van der Waals surface area contributed by atoms with Crippen molar-refractivity contribution in [3.8, 4) is 5.75 Å². The van der Waals surface area contributed by atoms with E-state index in [-0.39, 0.29) is 11.5 Å². The van der Waals surface area contributed by atoms with Crippen LogP contribution in [0.2, 0.25) is 5.02 Å². The molecule has 0 unspecified atom stereocenters. The first-order valence-electron chi connectivity index (χ1n) is 5.06. The number of benzene rings is 1. The summed E-state index contributed by atoms with van der Waals surface area (Å²) in [6.07, 6.45) is 0. The number of furan rings is 1. The minimum absolute atomic E-state index is 0.238. The smallest absolute Gasteiger partial charge is 0.231 e. The number of aryl methyl sites for hydroxylation is 1. The Bertz CT molecular complexity index is 558. The number of carbonyl (C=O) groups excluding carboxylic acids is 1. The third-order valence-electron chi connectivity index (χ3n) is 2.37. The summed E-state index contributed by atoms with van der Waals surface area (Å²) in [4.78, 5) is 12.2. The standard InChI is InChI=1S/C13H11ClO3/c1-8-3-5-12(17-8)13(15)10-7-9(14)4-6-11(10)16-2/h3-7H,1-2H3. The van der Waals surface area contributed by atoms with E-state index in [0.29, 0.717) is 22.1 Å². The van der Waals surface area contributed by atoms with Gasteiger partial charge in [-0.15, -0.1) is 0 Å². The fourth-order valence-electron chi connectivity index (χ4n) is 1.55. The van der Waals surface area contributed by atoms with Crippen molar-refractivity contribution in [1.82, 2.24) is 0 Å². The van der Waals surface area contributed by atoms with Gasteiger partial charge < -0.3 is 9.15 Å². The zero-order chi connectivity index (χ0) is 12.4. The number of hydrogen-bond acceptors (Lipinski definition) is 3. The molecule has 0 aliphatic rings. The number of rotatable bonds is 3. The Kier molecular flexibility index (Phi) is 3.20. The fraction of sp³-hybridized carbons (Fsp3) is 0.154. The van der Waals surface area contributed by atoms with E-state index < -0.39 is 0 Å². The first-order valence-corrected chi connectivity index (χ1v) is 5.44. The fourth-order valence-corrected chi connectivity index (χ4v) is 1.72. The van der Waals surface area contributed by atoms with Gasteiger partial charge >= 0.3 is 0 Å². The van der Waals surface area contributed by atoms with Gasteiger partial charge in [0.15, 0.2) is 5.76 Å². The van der Waals surface area contributed by atoms with Crippen LogP contribution in [0, 0.1) is 6.92 Å². The highest BCUT2D eigenvalue weighted by molar-refractivity contribution is 6.31. The number of ketones is 1. The van der Waals surface area contributed by atoms with Crippen LogP contribution in [0.3, 0.4) is 0 Å². The molecule has 0 spiro atoms. The Morgan fingerprint density at radius 2 is 2.06 bits per heavy atom. The molecule has 2 aromatic rings. The van der Waals surface area contributed by atoms with Crippen molar-refractivity contribution >= 4 is 17.4 Å². The van der Waals surface area contributed by atoms with Crippen molar-refractivity contribution in [3.63, 3.8) is 0 Å². The average molecular weight is 251 g/mol. The number of carbonyl (C=O) groups is 1. The molecule has 0 aliphatic heterocycles. The number of halogens is 1. The van der Waals surface area contributed by atoms with Crippen molar-refractivity contribution < 1.29 is 13.9 Å². The van der Waals surface area contributed by atoms with Gasteiger partial charge in [0.2, 0.25) is 5.78 Å². The summed E-state index contributed by atoms with van der Waals surface area (Å²) in [6, 6.07) is 8.28. The number of methoxy groups -OCH3 is 1. The van der Waals surface area contributed by atoms with Gasteiger partial charge in [0.25, 0.3) is 0 Å². The molecule has 88 valence electrons. The van der Waals surface area contributed by atoms with E-state index >= 15 is 0 Å². The third-order valence-corrected chi connectivity index (χ3v) is 2.61. The molecule has 2 rings (SSSR count). The minimum Gasteiger partial charge on any atom is -0.496 e. The molecule has 0 fully saturated rings. The zero-order valence-electron chi connectivity index (χ0n) is 9.49. The molecule has 1 aromatic carbocycles. The Balaban J connectivity index is 2.46. The highest BCUT2D eigenvalue weighted by atomic mass is 35.5. The lowest BCUT2D eigenvalue weighted by atomic mass is 10.1. The third kappa shape index (κ3) is 2.34. The lowest BCUT2D eigenvalue weighted by Gasteiger charge is -2.06. The molecule has 3 nitrogen and oxygen atoms in total. The van der Waals surface area contributed by atoms with E-state index in [9.17, 15) is 4.79 Å². The summed E-state index contributed by atoms with van der Waals surface area (Å²) >= 11 is 5.87. The van der Waals surface area contributed by atoms with Crippen LogP contribution in [-0.2, 0) is 0 Å². The van der Waals surface area contributed by atoms with Crippen LogP contribution in [0.5, 0.6) is 5.75 Å². The Morgan fingerprint density at radius 1 is 1.29 bits per heavy atom. The summed E-state index contributed by atoms with van der Waals surface area (Å²) in [7, 11) is 1.51. The van der Waals surface area contributed by atoms with Gasteiger partial charge in [0, 0.05) is 5.02 Å². The van der Waals surface area contributed by atoms with Crippen LogP contribution >= 0.6 is 11.6 Å². The van der Waals surface area contributed by atoms with E-state index in [4.69, 9.17) is 20.8 Å². The second kappa shape index (κ2) is 4.63. The molecular formula is C13H11ClO3. The maximum Gasteiger partial charge on any atom is 0.231 e. The zero-order valence-corrected chi connectivity index (χ0v) is 10.2. The largest absolute Gasteiger partial charge is 0.496 e. The molecule has 1 aromatic heterocycles. The molecule has 0 saturated carbocycles. The number of hydrogen-bond donors (Lipinski definition) is 0. The van der Waals surface area contributed by atoms with Crippen LogP contribution < -0.4 is 4.74 Å². The predicted molar refractivity (Wildman–Crippen MR) is 64.9 cm³/mol. The summed E-state index contributed by atoms with van der Waals surface area (Å²) < 4.78 is 10.4. The van der Waals surface area contributed by atoms with Gasteiger partial charge in [0.1, 0.15) is 11.5 Å². The molecular weight excluding hydrogens is 240 g/mol. The predicted octanol–water partition coefficient (Wildman–Crippen LogP) is 3.48. The summed E-state index contributed by atoms with van der Waals surface area (Å²) in [6.45, 7) is 1.78. The van der Waals surface area contributed by atoms with Gasteiger partial charge in [-0.25, -0.2) is 0 Å². The molecule has 4 heteroatoms. The van der Waals surface area contributed by atoms with Gasteiger partial charge in [-0.2, -0.15) is 0 Å². The van der Waals surface area contributed by atoms with E-state index in [1.165, 1.54) is 7.11 Å². The maximum atomic E-state index is 12.2. The summed E-state index contributed by atoms with van der Waals surface area (Å²) in [5.74, 6) is 1.21. The van der Waals surface area contributed by atoms with Crippen molar-refractivity contribution in [2.24, 2.45) is 0 Å².